The Morgan fingerprint density at radius 2 is 2.17 bits per heavy atom. The number of nitrogens with one attached hydrogen (secondary N) is 1. The summed E-state index contributed by atoms with van der Waals surface area (Å²) in [6.07, 6.45) is 5.87. The maximum atomic E-state index is 12.2. The molecule has 2 rings (SSSR count). The van der Waals surface area contributed by atoms with Crippen LogP contribution in [-0.2, 0) is 4.74 Å². The molecule has 1 aliphatic heterocycles. The Labute approximate surface area is 110 Å². The van der Waals surface area contributed by atoms with Gasteiger partial charge in [0.1, 0.15) is 0 Å². The van der Waals surface area contributed by atoms with Crippen molar-refractivity contribution in [2.24, 2.45) is 5.92 Å². The van der Waals surface area contributed by atoms with Gasteiger partial charge < -0.3 is 15.0 Å². The molecule has 1 N–H and O–H groups in total. The number of rotatable bonds is 6. The van der Waals surface area contributed by atoms with Crippen molar-refractivity contribution in [2.75, 3.05) is 19.7 Å². The number of carbonyl (C=O) groups excluding carboxylic acids is 1. The maximum Gasteiger partial charge on any atom is 0.317 e. The van der Waals surface area contributed by atoms with Gasteiger partial charge in [0.2, 0.25) is 0 Å². The van der Waals surface area contributed by atoms with E-state index in [9.17, 15) is 4.79 Å². The first-order valence-corrected chi connectivity index (χ1v) is 7.33. The third-order valence-corrected chi connectivity index (χ3v) is 3.70. The molecule has 4 nitrogen and oxygen atoms in total. The van der Waals surface area contributed by atoms with Crippen molar-refractivity contribution in [3.05, 3.63) is 0 Å². The lowest BCUT2D eigenvalue weighted by atomic mass is 10.1. The highest BCUT2D eigenvalue weighted by molar-refractivity contribution is 5.74. The van der Waals surface area contributed by atoms with Gasteiger partial charge >= 0.3 is 6.03 Å². The summed E-state index contributed by atoms with van der Waals surface area (Å²) in [5, 5.41) is 3.03. The van der Waals surface area contributed by atoms with Gasteiger partial charge in [-0.2, -0.15) is 0 Å². The van der Waals surface area contributed by atoms with Crippen molar-refractivity contribution in [3.8, 4) is 0 Å². The minimum Gasteiger partial charge on any atom is -0.376 e. The number of carbonyl (C=O) groups is 1. The lowest BCUT2D eigenvalue weighted by molar-refractivity contribution is 0.108. The van der Waals surface area contributed by atoms with Crippen molar-refractivity contribution in [1.82, 2.24) is 10.2 Å². The van der Waals surface area contributed by atoms with E-state index in [4.69, 9.17) is 4.74 Å². The first-order chi connectivity index (χ1) is 8.66. The number of urea groups is 1. The highest BCUT2D eigenvalue weighted by Crippen LogP contribution is 2.27. The molecule has 4 heteroatoms. The fourth-order valence-electron chi connectivity index (χ4n) is 2.34. The predicted molar refractivity (Wildman–Crippen MR) is 71.6 cm³/mol. The van der Waals surface area contributed by atoms with Crippen LogP contribution in [0.5, 0.6) is 0 Å². The van der Waals surface area contributed by atoms with E-state index < -0.39 is 0 Å². The van der Waals surface area contributed by atoms with Crippen LogP contribution in [0.15, 0.2) is 0 Å². The summed E-state index contributed by atoms with van der Waals surface area (Å²) in [5.74, 6) is 0.650. The van der Waals surface area contributed by atoms with Crippen LogP contribution in [0, 0.1) is 5.92 Å². The largest absolute Gasteiger partial charge is 0.376 e. The second-order valence-electron chi connectivity index (χ2n) is 5.93. The fourth-order valence-corrected chi connectivity index (χ4v) is 2.34. The van der Waals surface area contributed by atoms with Crippen molar-refractivity contribution in [3.63, 3.8) is 0 Å². The molecule has 0 aromatic carbocycles. The molecule has 2 amide bonds. The van der Waals surface area contributed by atoms with Gasteiger partial charge in [0, 0.05) is 25.7 Å². The second-order valence-corrected chi connectivity index (χ2v) is 5.93. The van der Waals surface area contributed by atoms with Crippen LogP contribution in [0.3, 0.4) is 0 Å². The summed E-state index contributed by atoms with van der Waals surface area (Å²) in [5.41, 5.74) is 0. The highest BCUT2D eigenvalue weighted by Gasteiger charge is 2.32. The van der Waals surface area contributed by atoms with Crippen molar-refractivity contribution in [1.29, 1.82) is 0 Å². The Morgan fingerprint density at radius 1 is 1.39 bits per heavy atom. The van der Waals surface area contributed by atoms with E-state index in [1.807, 2.05) is 4.90 Å². The molecule has 0 bridgehead atoms. The van der Waals surface area contributed by atoms with Gasteiger partial charge in [0.15, 0.2) is 0 Å². The van der Waals surface area contributed by atoms with E-state index in [1.165, 1.54) is 12.8 Å². The Morgan fingerprint density at radius 3 is 2.72 bits per heavy atom. The van der Waals surface area contributed by atoms with Crippen molar-refractivity contribution < 1.29 is 9.53 Å². The molecule has 1 unspecified atom stereocenters. The molecule has 18 heavy (non-hydrogen) atoms. The molecule has 1 atom stereocenters. The molecule has 1 heterocycles. The monoisotopic (exact) mass is 254 g/mol. The van der Waals surface area contributed by atoms with Gasteiger partial charge in [-0.15, -0.1) is 0 Å². The summed E-state index contributed by atoms with van der Waals surface area (Å²) in [6.45, 7) is 6.81. The fraction of sp³-hybridized carbons (Fsp3) is 0.929. The quantitative estimate of drug-likeness (QED) is 0.790. The van der Waals surface area contributed by atoms with Crippen LogP contribution in [0.25, 0.3) is 0 Å². The molecule has 1 saturated heterocycles. The van der Waals surface area contributed by atoms with Crippen LogP contribution in [0.2, 0.25) is 0 Å². The molecule has 2 aliphatic rings. The lowest BCUT2D eigenvalue weighted by Gasteiger charge is -2.24. The predicted octanol–water partition coefficient (Wildman–Crippen LogP) is 2.39. The molecule has 0 aromatic heterocycles. The number of amides is 2. The zero-order valence-electron chi connectivity index (χ0n) is 11.7. The highest BCUT2D eigenvalue weighted by atomic mass is 16.5. The molecule has 104 valence electrons. The number of ether oxygens (including phenoxy) is 1. The summed E-state index contributed by atoms with van der Waals surface area (Å²) in [7, 11) is 0. The van der Waals surface area contributed by atoms with Crippen LogP contribution >= 0.6 is 0 Å². The van der Waals surface area contributed by atoms with E-state index >= 15 is 0 Å². The van der Waals surface area contributed by atoms with Gasteiger partial charge in [-0.25, -0.2) is 4.79 Å². The maximum absolute atomic E-state index is 12.2. The van der Waals surface area contributed by atoms with Crippen LogP contribution < -0.4 is 5.32 Å². The van der Waals surface area contributed by atoms with Gasteiger partial charge in [-0.05, 0) is 38.0 Å². The molecule has 2 fully saturated rings. The third kappa shape index (κ3) is 4.16. The first kappa shape index (κ1) is 13.7. The number of nitrogens with zero attached hydrogens (tertiary/aromatic N) is 1. The molecule has 1 saturated carbocycles. The Bertz CT molecular complexity index is 271. The van der Waals surface area contributed by atoms with E-state index in [0.29, 0.717) is 18.5 Å². The molecule has 0 radical (unpaired) electrons. The lowest BCUT2D eigenvalue weighted by Crippen LogP contribution is -2.44. The van der Waals surface area contributed by atoms with E-state index in [0.717, 1.165) is 32.4 Å². The molecule has 0 aromatic rings. The zero-order valence-corrected chi connectivity index (χ0v) is 11.7. The van der Waals surface area contributed by atoms with E-state index in [1.54, 1.807) is 0 Å². The van der Waals surface area contributed by atoms with Crippen molar-refractivity contribution >= 4 is 6.03 Å². The normalized spacial score (nSPS) is 23.4. The van der Waals surface area contributed by atoms with Crippen LogP contribution in [0.4, 0.5) is 4.79 Å². The Hall–Kier alpha value is -0.770. The number of hydrogen-bond donors (Lipinski definition) is 1. The first-order valence-electron chi connectivity index (χ1n) is 7.33. The van der Waals surface area contributed by atoms with Gasteiger partial charge in [0.05, 0.1) is 6.10 Å². The summed E-state index contributed by atoms with van der Waals surface area (Å²) >= 11 is 0. The van der Waals surface area contributed by atoms with E-state index in [-0.39, 0.29) is 12.1 Å². The van der Waals surface area contributed by atoms with Gasteiger partial charge in [0.25, 0.3) is 0 Å². The van der Waals surface area contributed by atoms with Gasteiger partial charge in [-0.1, -0.05) is 13.8 Å². The SMILES string of the molecule is CC(C)CCN(C(=O)NCC1CCCO1)C1CC1. The summed E-state index contributed by atoms with van der Waals surface area (Å²) in [6, 6.07) is 0.599. The van der Waals surface area contributed by atoms with Gasteiger partial charge in [-0.3, -0.25) is 0 Å². The molecule has 0 spiro atoms. The zero-order chi connectivity index (χ0) is 13.0. The minimum absolute atomic E-state index is 0.105. The molecular formula is C14H26N2O2. The Kier molecular flexibility index (Phi) is 4.87. The Balaban J connectivity index is 1.72. The minimum atomic E-state index is 0.105. The second kappa shape index (κ2) is 6.41. The van der Waals surface area contributed by atoms with Crippen LogP contribution in [0.1, 0.15) is 46.0 Å². The standard InChI is InChI=1S/C14H26N2O2/c1-11(2)7-8-16(12-5-6-12)14(17)15-10-13-4-3-9-18-13/h11-13H,3-10H2,1-2H3,(H,15,17). The van der Waals surface area contributed by atoms with Crippen molar-refractivity contribution in [2.45, 2.75) is 58.1 Å². The smallest absolute Gasteiger partial charge is 0.317 e. The average molecular weight is 254 g/mol. The molecular weight excluding hydrogens is 228 g/mol. The molecule has 1 aliphatic carbocycles. The third-order valence-electron chi connectivity index (χ3n) is 3.70. The summed E-state index contributed by atoms with van der Waals surface area (Å²) in [4.78, 5) is 14.2. The van der Waals surface area contributed by atoms with E-state index in [2.05, 4.69) is 19.2 Å². The topological polar surface area (TPSA) is 41.6 Å². The van der Waals surface area contributed by atoms with Crippen LogP contribution in [-0.4, -0.2) is 42.8 Å². The number of hydrogen-bond acceptors (Lipinski definition) is 2. The summed E-state index contributed by atoms with van der Waals surface area (Å²) < 4.78 is 5.52. The average Bonchev–Trinajstić information content (AvgIpc) is 3.03.